The second-order valence-electron chi connectivity index (χ2n) is 6.36. The summed E-state index contributed by atoms with van der Waals surface area (Å²) in [6.45, 7) is 1.94. The van der Waals surface area contributed by atoms with Gasteiger partial charge < -0.3 is 5.11 Å². The summed E-state index contributed by atoms with van der Waals surface area (Å²) in [5, 5.41) is 9.22. The van der Waals surface area contributed by atoms with Crippen LogP contribution in [0.25, 0.3) is 0 Å². The van der Waals surface area contributed by atoms with Crippen LogP contribution in [0.1, 0.15) is 35.7 Å². The number of halogens is 1. The largest absolute Gasteiger partial charge is 0.478 e. The molecule has 25 heavy (non-hydrogen) atoms. The molecule has 6 nitrogen and oxygen atoms in total. The van der Waals surface area contributed by atoms with Crippen LogP contribution in [0.5, 0.6) is 0 Å². The number of sulfonamides is 1. The van der Waals surface area contributed by atoms with Crippen LogP contribution < -0.4 is 4.72 Å². The Morgan fingerprint density at radius 3 is 2.60 bits per heavy atom. The van der Waals surface area contributed by atoms with Gasteiger partial charge in [-0.25, -0.2) is 22.3 Å². The van der Waals surface area contributed by atoms with Crippen LogP contribution in [0.4, 0.5) is 4.39 Å². The molecule has 132 valence electrons. The van der Waals surface area contributed by atoms with Gasteiger partial charge in [0.15, 0.2) is 0 Å². The van der Waals surface area contributed by atoms with Crippen LogP contribution in [-0.4, -0.2) is 24.5 Å². The number of carboxylic acids is 1. The van der Waals surface area contributed by atoms with Crippen LogP contribution in [0.3, 0.4) is 0 Å². The van der Waals surface area contributed by atoms with Gasteiger partial charge in [0.2, 0.25) is 10.0 Å². The lowest BCUT2D eigenvalue weighted by atomic mass is 9.66. The first kappa shape index (κ1) is 17.5. The minimum absolute atomic E-state index is 0.218. The summed E-state index contributed by atoms with van der Waals surface area (Å²) in [6.07, 6.45) is 3.05. The molecule has 0 aliphatic heterocycles. The normalized spacial score (nSPS) is 23.0. The number of pyridine rings is 1. The van der Waals surface area contributed by atoms with Gasteiger partial charge in [0.05, 0.1) is 11.1 Å². The van der Waals surface area contributed by atoms with E-state index in [1.807, 2.05) is 6.92 Å². The molecule has 8 heteroatoms. The monoisotopic (exact) mass is 364 g/mol. The summed E-state index contributed by atoms with van der Waals surface area (Å²) in [5.41, 5.74) is -1.20. The highest BCUT2D eigenvalue weighted by Gasteiger charge is 2.48. The zero-order valence-corrected chi connectivity index (χ0v) is 14.3. The molecule has 1 heterocycles. The van der Waals surface area contributed by atoms with Gasteiger partial charge in [-0.3, -0.25) is 4.98 Å². The molecule has 0 bridgehead atoms. The van der Waals surface area contributed by atoms with Gasteiger partial charge >= 0.3 is 5.97 Å². The lowest BCUT2D eigenvalue weighted by molar-refractivity contribution is 0.0692. The van der Waals surface area contributed by atoms with Gasteiger partial charge in [0.1, 0.15) is 10.7 Å². The van der Waals surface area contributed by atoms with E-state index in [1.54, 1.807) is 12.1 Å². The molecule has 0 spiro atoms. The molecule has 0 unspecified atom stereocenters. The Hall–Kier alpha value is -2.32. The van der Waals surface area contributed by atoms with Gasteiger partial charge in [-0.1, -0.05) is 25.1 Å². The Kier molecular flexibility index (Phi) is 4.34. The molecule has 1 aliphatic rings. The molecule has 1 aromatic carbocycles. The number of aromatic carboxylic acids is 1. The molecule has 1 aliphatic carbocycles. The number of hydrogen-bond donors (Lipinski definition) is 2. The summed E-state index contributed by atoms with van der Waals surface area (Å²) >= 11 is 0. The van der Waals surface area contributed by atoms with Gasteiger partial charge in [-0.2, -0.15) is 0 Å². The van der Waals surface area contributed by atoms with Crippen molar-refractivity contribution in [1.29, 1.82) is 0 Å². The molecule has 0 saturated heterocycles. The first-order valence-electron chi connectivity index (χ1n) is 7.71. The summed E-state index contributed by atoms with van der Waals surface area (Å²) < 4.78 is 42.5. The minimum Gasteiger partial charge on any atom is -0.478 e. The SMILES string of the molecule is CC1CC(NS(=O)(=O)c2cnccc2C(=O)O)(c2ccccc2F)C1. The Morgan fingerprint density at radius 1 is 1.32 bits per heavy atom. The standard InChI is InChI=1S/C17H17FN2O4S/c1-11-8-17(9-11,13-4-2-3-5-14(13)18)20-25(23,24)15-10-19-7-6-12(15)16(21)22/h2-7,10-11,20H,8-9H2,1H3,(H,21,22). The number of rotatable bonds is 5. The highest BCUT2D eigenvalue weighted by atomic mass is 32.2. The Bertz CT molecular complexity index is 924. The topological polar surface area (TPSA) is 96.4 Å². The van der Waals surface area contributed by atoms with Crippen molar-refractivity contribution in [3.8, 4) is 0 Å². The quantitative estimate of drug-likeness (QED) is 0.850. The van der Waals surface area contributed by atoms with Gasteiger partial charge in [0, 0.05) is 18.0 Å². The minimum atomic E-state index is -4.20. The lowest BCUT2D eigenvalue weighted by Gasteiger charge is -2.47. The van der Waals surface area contributed by atoms with E-state index in [0.717, 1.165) is 12.3 Å². The van der Waals surface area contributed by atoms with Gasteiger partial charge in [0.25, 0.3) is 0 Å². The number of benzene rings is 1. The molecule has 0 radical (unpaired) electrons. The van der Waals surface area contributed by atoms with E-state index < -0.39 is 32.2 Å². The van der Waals surface area contributed by atoms with E-state index in [9.17, 15) is 22.7 Å². The van der Waals surface area contributed by atoms with E-state index >= 15 is 0 Å². The molecule has 1 aromatic heterocycles. The van der Waals surface area contributed by atoms with Crippen molar-refractivity contribution in [2.45, 2.75) is 30.2 Å². The molecule has 3 rings (SSSR count). The Labute approximate surface area is 144 Å². The van der Waals surface area contributed by atoms with E-state index in [1.165, 1.54) is 18.3 Å². The van der Waals surface area contributed by atoms with Crippen LogP contribution >= 0.6 is 0 Å². The van der Waals surface area contributed by atoms with Crippen LogP contribution in [0.2, 0.25) is 0 Å². The average molecular weight is 364 g/mol. The lowest BCUT2D eigenvalue weighted by Crippen LogP contribution is -2.54. The summed E-state index contributed by atoms with van der Waals surface area (Å²) in [7, 11) is -4.20. The highest BCUT2D eigenvalue weighted by molar-refractivity contribution is 7.89. The number of carbonyl (C=O) groups is 1. The van der Waals surface area contributed by atoms with Crippen LogP contribution in [-0.2, 0) is 15.6 Å². The third kappa shape index (κ3) is 3.14. The van der Waals surface area contributed by atoms with E-state index in [0.29, 0.717) is 12.8 Å². The number of aromatic nitrogens is 1. The predicted octanol–water partition coefficient (Wildman–Crippen LogP) is 2.52. The zero-order chi connectivity index (χ0) is 18.2. The average Bonchev–Trinajstić information content (AvgIpc) is 2.53. The molecule has 1 fully saturated rings. The van der Waals surface area contributed by atoms with Crippen LogP contribution in [0.15, 0.2) is 47.6 Å². The summed E-state index contributed by atoms with van der Waals surface area (Å²) in [4.78, 5) is 14.6. The van der Waals surface area contributed by atoms with Crippen molar-refractivity contribution < 1.29 is 22.7 Å². The second-order valence-corrected chi connectivity index (χ2v) is 8.01. The maximum absolute atomic E-state index is 14.3. The maximum atomic E-state index is 14.3. The third-order valence-corrected chi connectivity index (χ3v) is 5.98. The van der Waals surface area contributed by atoms with E-state index in [4.69, 9.17) is 0 Å². The van der Waals surface area contributed by atoms with Gasteiger partial charge in [-0.15, -0.1) is 0 Å². The van der Waals surface area contributed by atoms with Crippen molar-refractivity contribution in [1.82, 2.24) is 9.71 Å². The molecular weight excluding hydrogens is 347 g/mol. The van der Waals surface area contributed by atoms with Crippen LogP contribution in [0, 0.1) is 11.7 Å². The fraction of sp³-hybridized carbons (Fsp3) is 0.294. The summed E-state index contributed by atoms with van der Waals surface area (Å²) in [5.74, 6) is -1.65. The number of carboxylic acid groups (broad SMARTS) is 1. The van der Waals surface area contributed by atoms with E-state index in [2.05, 4.69) is 9.71 Å². The predicted molar refractivity (Wildman–Crippen MR) is 88.0 cm³/mol. The number of nitrogens with one attached hydrogen (secondary N) is 1. The fourth-order valence-corrected chi connectivity index (χ4v) is 4.97. The van der Waals surface area contributed by atoms with Crippen molar-refractivity contribution in [3.05, 3.63) is 59.7 Å². The zero-order valence-electron chi connectivity index (χ0n) is 13.4. The Balaban J connectivity index is 2.04. The van der Waals surface area contributed by atoms with Gasteiger partial charge in [-0.05, 0) is 30.9 Å². The maximum Gasteiger partial charge on any atom is 0.337 e. The second kappa shape index (κ2) is 6.20. The fourth-order valence-electron chi connectivity index (χ4n) is 3.42. The van der Waals surface area contributed by atoms with Crippen molar-refractivity contribution in [3.63, 3.8) is 0 Å². The number of nitrogens with zero attached hydrogens (tertiary/aromatic N) is 1. The first-order chi connectivity index (χ1) is 11.8. The van der Waals surface area contributed by atoms with Crippen molar-refractivity contribution in [2.24, 2.45) is 5.92 Å². The van der Waals surface area contributed by atoms with Crippen molar-refractivity contribution >= 4 is 16.0 Å². The highest BCUT2D eigenvalue weighted by Crippen LogP contribution is 2.47. The van der Waals surface area contributed by atoms with E-state index in [-0.39, 0.29) is 17.0 Å². The van der Waals surface area contributed by atoms with Crippen molar-refractivity contribution in [2.75, 3.05) is 0 Å². The molecule has 0 amide bonds. The molecule has 2 aromatic rings. The molecule has 0 atom stereocenters. The molecule has 1 saturated carbocycles. The molecular formula is C17H17FN2O4S. The number of hydrogen-bond acceptors (Lipinski definition) is 4. The Morgan fingerprint density at radius 2 is 2.00 bits per heavy atom. The summed E-state index contributed by atoms with van der Waals surface area (Å²) in [6, 6.07) is 7.12. The smallest absolute Gasteiger partial charge is 0.337 e. The third-order valence-electron chi connectivity index (χ3n) is 4.42. The molecule has 2 N–H and O–H groups in total. The first-order valence-corrected chi connectivity index (χ1v) is 9.20.